The van der Waals surface area contributed by atoms with Crippen LogP contribution in [-0.2, 0) is 6.18 Å². The fourth-order valence-electron chi connectivity index (χ4n) is 1.83. The Kier molecular flexibility index (Phi) is 3.12. The molecule has 1 atom stereocenters. The van der Waals surface area contributed by atoms with E-state index in [9.17, 15) is 13.2 Å². The molecule has 1 heterocycles. The number of thioether (sulfide) groups is 1. The van der Waals surface area contributed by atoms with Gasteiger partial charge in [0.05, 0.1) is 10.9 Å². The molecule has 0 radical (unpaired) electrons. The predicted octanol–water partition coefficient (Wildman–Crippen LogP) is 4.47. The fourth-order valence-corrected chi connectivity index (χ4v) is 2.74. The number of alkyl halides is 3. The SMILES string of the molecule is CC1=CSC(C)N1c1ccc(C(F)(F)F)cc1. The van der Waals surface area contributed by atoms with Gasteiger partial charge in [0.1, 0.15) is 0 Å². The van der Waals surface area contributed by atoms with Gasteiger partial charge in [-0.1, -0.05) is 0 Å². The van der Waals surface area contributed by atoms with Crippen molar-refractivity contribution < 1.29 is 13.2 Å². The summed E-state index contributed by atoms with van der Waals surface area (Å²) in [6.45, 7) is 3.98. The Morgan fingerprint density at radius 1 is 1.18 bits per heavy atom. The van der Waals surface area contributed by atoms with E-state index in [0.717, 1.165) is 23.5 Å². The van der Waals surface area contributed by atoms with E-state index in [4.69, 9.17) is 0 Å². The normalized spacial score (nSPS) is 20.6. The van der Waals surface area contributed by atoms with Crippen molar-refractivity contribution in [2.24, 2.45) is 0 Å². The third-order valence-electron chi connectivity index (χ3n) is 2.65. The zero-order chi connectivity index (χ0) is 12.6. The highest BCUT2D eigenvalue weighted by molar-refractivity contribution is 8.03. The summed E-state index contributed by atoms with van der Waals surface area (Å²) < 4.78 is 37.3. The average molecular weight is 259 g/mol. The molecule has 5 heteroatoms. The van der Waals surface area contributed by atoms with Gasteiger partial charge in [0.2, 0.25) is 0 Å². The topological polar surface area (TPSA) is 3.24 Å². The molecular formula is C12H12F3NS. The zero-order valence-corrected chi connectivity index (χ0v) is 10.3. The molecule has 1 unspecified atom stereocenters. The lowest BCUT2D eigenvalue weighted by Gasteiger charge is -2.25. The smallest absolute Gasteiger partial charge is 0.332 e. The van der Waals surface area contributed by atoms with Gasteiger partial charge in [-0.05, 0) is 43.5 Å². The molecule has 0 amide bonds. The third-order valence-corrected chi connectivity index (χ3v) is 3.73. The van der Waals surface area contributed by atoms with E-state index >= 15 is 0 Å². The van der Waals surface area contributed by atoms with Crippen molar-refractivity contribution in [1.82, 2.24) is 0 Å². The van der Waals surface area contributed by atoms with Gasteiger partial charge in [-0.2, -0.15) is 13.2 Å². The summed E-state index contributed by atoms with van der Waals surface area (Å²) >= 11 is 1.66. The predicted molar refractivity (Wildman–Crippen MR) is 64.7 cm³/mol. The quantitative estimate of drug-likeness (QED) is 0.732. The molecule has 0 aliphatic carbocycles. The lowest BCUT2D eigenvalue weighted by molar-refractivity contribution is -0.137. The van der Waals surface area contributed by atoms with E-state index in [2.05, 4.69) is 0 Å². The largest absolute Gasteiger partial charge is 0.416 e. The fraction of sp³-hybridized carbons (Fsp3) is 0.333. The molecule has 92 valence electrons. The third kappa shape index (κ3) is 2.44. The summed E-state index contributed by atoms with van der Waals surface area (Å²) in [7, 11) is 0. The number of hydrogen-bond donors (Lipinski definition) is 0. The second-order valence-corrected chi connectivity index (χ2v) is 5.10. The van der Waals surface area contributed by atoms with E-state index in [1.54, 1.807) is 11.8 Å². The van der Waals surface area contributed by atoms with Crippen LogP contribution in [0.4, 0.5) is 18.9 Å². The highest BCUT2D eigenvalue weighted by Gasteiger charge is 2.30. The van der Waals surface area contributed by atoms with Gasteiger partial charge in [0, 0.05) is 11.4 Å². The van der Waals surface area contributed by atoms with Crippen molar-refractivity contribution >= 4 is 17.4 Å². The Morgan fingerprint density at radius 3 is 2.18 bits per heavy atom. The Bertz CT molecular complexity index is 436. The van der Waals surface area contributed by atoms with Crippen LogP contribution < -0.4 is 4.90 Å². The van der Waals surface area contributed by atoms with Crippen LogP contribution in [0.1, 0.15) is 19.4 Å². The number of halogens is 3. The number of nitrogens with zero attached hydrogens (tertiary/aromatic N) is 1. The number of anilines is 1. The van der Waals surface area contributed by atoms with E-state index in [1.807, 2.05) is 24.2 Å². The first-order valence-electron chi connectivity index (χ1n) is 5.18. The van der Waals surface area contributed by atoms with Gasteiger partial charge in [0.15, 0.2) is 0 Å². The molecule has 0 saturated heterocycles. The van der Waals surface area contributed by atoms with E-state index in [0.29, 0.717) is 0 Å². The Hall–Kier alpha value is -1.10. The molecule has 0 N–H and O–H groups in total. The average Bonchev–Trinajstić information content (AvgIpc) is 2.58. The Labute approximate surface area is 102 Å². The lowest BCUT2D eigenvalue weighted by atomic mass is 10.2. The second kappa shape index (κ2) is 4.29. The molecule has 2 rings (SSSR count). The molecule has 1 aliphatic rings. The number of hydrogen-bond acceptors (Lipinski definition) is 2. The molecule has 0 saturated carbocycles. The van der Waals surface area contributed by atoms with Crippen molar-refractivity contribution in [3.05, 3.63) is 40.9 Å². The van der Waals surface area contributed by atoms with E-state index < -0.39 is 11.7 Å². The number of rotatable bonds is 1. The summed E-state index contributed by atoms with van der Waals surface area (Å²) in [5.41, 5.74) is 1.24. The summed E-state index contributed by atoms with van der Waals surface area (Å²) in [5.74, 6) is 0. The minimum Gasteiger partial charge on any atom is -0.332 e. The van der Waals surface area contributed by atoms with Crippen molar-refractivity contribution in [2.45, 2.75) is 25.4 Å². The zero-order valence-electron chi connectivity index (χ0n) is 9.45. The molecule has 1 aliphatic heterocycles. The molecule has 1 nitrogen and oxygen atoms in total. The first-order valence-corrected chi connectivity index (χ1v) is 6.12. The van der Waals surface area contributed by atoms with Gasteiger partial charge >= 0.3 is 6.18 Å². The molecule has 0 aromatic heterocycles. The first kappa shape index (κ1) is 12.4. The highest BCUT2D eigenvalue weighted by Crippen LogP contribution is 2.36. The summed E-state index contributed by atoms with van der Waals surface area (Å²) in [6.07, 6.45) is -4.27. The van der Waals surface area contributed by atoms with Crippen molar-refractivity contribution in [3.8, 4) is 0 Å². The van der Waals surface area contributed by atoms with Crippen LogP contribution in [0.25, 0.3) is 0 Å². The maximum absolute atomic E-state index is 12.4. The molecule has 1 aromatic rings. The molecular weight excluding hydrogens is 247 g/mol. The van der Waals surface area contributed by atoms with Gasteiger partial charge in [-0.25, -0.2) is 0 Å². The lowest BCUT2D eigenvalue weighted by Crippen LogP contribution is -2.24. The van der Waals surface area contributed by atoms with Gasteiger partial charge in [0.25, 0.3) is 0 Å². The van der Waals surface area contributed by atoms with E-state index in [-0.39, 0.29) is 5.37 Å². The van der Waals surface area contributed by atoms with Gasteiger partial charge < -0.3 is 4.90 Å². The Balaban J connectivity index is 2.27. The van der Waals surface area contributed by atoms with Gasteiger partial charge in [-0.3, -0.25) is 0 Å². The second-order valence-electron chi connectivity index (χ2n) is 3.91. The molecule has 0 bridgehead atoms. The highest BCUT2D eigenvalue weighted by atomic mass is 32.2. The summed E-state index contributed by atoms with van der Waals surface area (Å²) in [5, 5.41) is 2.24. The monoisotopic (exact) mass is 259 g/mol. The van der Waals surface area contributed by atoms with Crippen LogP contribution in [0.15, 0.2) is 35.4 Å². The first-order chi connectivity index (χ1) is 7.89. The van der Waals surface area contributed by atoms with E-state index in [1.165, 1.54) is 12.1 Å². The van der Waals surface area contributed by atoms with Crippen molar-refractivity contribution in [3.63, 3.8) is 0 Å². The molecule has 0 fully saturated rings. The minimum absolute atomic E-state index is 0.228. The van der Waals surface area contributed by atoms with Crippen LogP contribution >= 0.6 is 11.8 Å². The minimum atomic E-state index is -4.27. The standard InChI is InChI=1S/C12H12F3NS/c1-8-7-17-9(2)16(8)11-5-3-10(4-6-11)12(13,14)15/h3-7,9H,1-2H3. The van der Waals surface area contributed by atoms with Crippen molar-refractivity contribution in [2.75, 3.05) is 4.90 Å². The Morgan fingerprint density at radius 2 is 1.76 bits per heavy atom. The summed E-state index contributed by atoms with van der Waals surface area (Å²) in [6, 6.07) is 5.28. The number of benzene rings is 1. The van der Waals surface area contributed by atoms with Crippen molar-refractivity contribution in [1.29, 1.82) is 0 Å². The molecule has 1 aromatic carbocycles. The van der Waals surface area contributed by atoms with Gasteiger partial charge in [-0.15, -0.1) is 11.8 Å². The maximum atomic E-state index is 12.4. The summed E-state index contributed by atoms with van der Waals surface area (Å²) in [4.78, 5) is 2.02. The molecule has 17 heavy (non-hydrogen) atoms. The van der Waals surface area contributed by atoms with Crippen LogP contribution in [0, 0.1) is 0 Å². The van der Waals surface area contributed by atoms with Crippen LogP contribution in [0.2, 0.25) is 0 Å². The maximum Gasteiger partial charge on any atom is 0.416 e. The number of allylic oxidation sites excluding steroid dienone is 1. The van der Waals surface area contributed by atoms with Crippen LogP contribution in [0.3, 0.4) is 0 Å². The van der Waals surface area contributed by atoms with Crippen LogP contribution in [0.5, 0.6) is 0 Å². The van der Waals surface area contributed by atoms with Crippen LogP contribution in [-0.4, -0.2) is 5.37 Å². The molecule has 0 spiro atoms.